The van der Waals surface area contributed by atoms with Crippen LogP contribution < -0.4 is 0 Å². The third-order valence-electron chi connectivity index (χ3n) is 20.0. The summed E-state index contributed by atoms with van der Waals surface area (Å²) in [6.07, 6.45) is 34.7. The Hall–Kier alpha value is -6.81. The molecule has 2 heterocycles. The minimum atomic E-state index is -0.171. The van der Waals surface area contributed by atoms with E-state index in [4.69, 9.17) is 0 Å². The summed E-state index contributed by atoms with van der Waals surface area (Å²) < 4.78 is 0. The maximum absolute atomic E-state index is 10.9. The number of thiophene rings is 2. The van der Waals surface area contributed by atoms with Crippen molar-refractivity contribution in [2.45, 2.75) is 232 Å². The molecule has 2 aliphatic rings. The third-order valence-corrected chi connectivity index (χ3v) is 22.3. The molecular formula is C83H95N3S2. The predicted octanol–water partition coefficient (Wildman–Crippen LogP) is 25.9. The van der Waals surface area contributed by atoms with Crippen LogP contribution >= 0.6 is 22.7 Å². The fraction of sp³-hybridized carbons (Fsp3) is 0.434. The van der Waals surface area contributed by atoms with Crippen LogP contribution in [0.4, 0.5) is 0 Å². The molecule has 0 spiro atoms. The molecule has 454 valence electrons. The summed E-state index contributed by atoms with van der Waals surface area (Å²) in [6, 6.07) is 55.8. The Bertz CT molecular complexity index is 3740. The molecule has 2 aromatic heterocycles. The van der Waals surface area contributed by atoms with E-state index < -0.39 is 0 Å². The fourth-order valence-electron chi connectivity index (χ4n) is 15.3. The van der Waals surface area contributed by atoms with Gasteiger partial charge in [0.25, 0.3) is 0 Å². The summed E-state index contributed by atoms with van der Waals surface area (Å²) in [5, 5.41) is 32.0. The molecule has 88 heavy (non-hydrogen) atoms. The van der Waals surface area contributed by atoms with Crippen LogP contribution in [0.15, 0.2) is 127 Å². The number of fused-ring (bicyclic) bond motifs is 6. The molecule has 0 atom stereocenters. The van der Waals surface area contributed by atoms with E-state index in [1.165, 1.54) is 229 Å². The maximum Gasteiger partial charge on any atom is 0.0999 e. The molecule has 0 saturated carbocycles. The van der Waals surface area contributed by atoms with Crippen molar-refractivity contribution in [2.75, 3.05) is 0 Å². The van der Waals surface area contributed by atoms with E-state index in [1.807, 2.05) is 22.7 Å². The second-order valence-corrected chi connectivity index (χ2v) is 28.6. The van der Waals surface area contributed by atoms with Gasteiger partial charge in [0.05, 0.1) is 34.9 Å². The summed E-state index contributed by atoms with van der Waals surface area (Å²) in [5.74, 6) is 0. The second kappa shape index (κ2) is 30.6. The van der Waals surface area contributed by atoms with Gasteiger partial charge in [0.15, 0.2) is 0 Å². The number of hydrogen-bond acceptors (Lipinski definition) is 5. The van der Waals surface area contributed by atoms with Crippen LogP contribution in [0.1, 0.15) is 257 Å². The van der Waals surface area contributed by atoms with Crippen molar-refractivity contribution < 1.29 is 0 Å². The molecule has 6 aromatic carbocycles. The van der Waals surface area contributed by atoms with Crippen molar-refractivity contribution >= 4 is 22.7 Å². The van der Waals surface area contributed by atoms with E-state index in [9.17, 15) is 15.8 Å². The number of nitriles is 3. The fourth-order valence-corrected chi connectivity index (χ4v) is 17.2. The molecule has 0 aliphatic heterocycles. The first kappa shape index (κ1) is 64.2. The lowest BCUT2D eigenvalue weighted by molar-refractivity contribution is 0.398. The van der Waals surface area contributed by atoms with Crippen molar-refractivity contribution in [3.05, 3.63) is 177 Å². The lowest BCUT2D eigenvalue weighted by Gasteiger charge is -2.33. The second-order valence-electron chi connectivity index (χ2n) is 26.2. The van der Waals surface area contributed by atoms with E-state index in [2.05, 4.69) is 175 Å². The number of nitrogens with zero attached hydrogens (tertiary/aromatic N) is 3. The van der Waals surface area contributed by atoms with Crippen molar-refractivity contribution in [3.8, 4) is 94.0 Å². The van der Waals surface area contributed by atoms with Crippen LogP contribution in [-0.4, -0.2) is 0 Å². The Balaban J connectivity index is 1.14. The lowest BCUT2D eigenvalue weighted by atomic mass is 9.70. The molecule has 2 aliphatic carbocycles. The molecule has 3 nitrogen and oxygen atoms in total. The Morgan fingerprint density at radius 3 is 1.10 bits per heavy atom. The van der Waals surface area contributed by atoms with Crippen LogP contribution in [0.25, 0.3) is 75.8 Å². The van der Waals surface area contributed by atoms with Gasteiger partial charge < -0.3 is 0 Å². The highest BCUT2D eigenvalue weighted by atomic mass is 32.1. The topological polar surface area (TPSA) is 71.4 Å². The van der Waals surface area contributed by atoms with Gasteiger partial charge in [0.1, 0.15) is 0 Å². The summed E-state index contributed by atoms with van der Waals surface area (Å²) in [5.41, 5.74) is 20.6. The first-order valence-electron chi connectivity index (χ1n) is 34.4. The summed E-state index contributed by atoms with van der Waals surface area (Å²) in [6.45, 7) is 13.7. The van der Waals surface area contributed by atoms with Crippen molar-refractivity contribution in [3.63, 3.8) is 0 Å². The SMILES string of the molecule is CCCCCCCCC1(CCCCCCCC)c2cc(C)ccc2-c2ccc(-c3cc(-c4ccc5c(c4)C(CCCCCCCC)(CCCCCCCC)c4cc(-c6ccc(-c7ccc(C)s7)s6)ccc4-5)cc(-c4c(C#N)cc(C#N)cc4C#N)c3)cc21. The number of aryl methyl sites for hydroxylation is 2. The van der Waals surface area contributed by atoms with E-state index in [1.54, 1.807) is 12.1 Å². The molecule has 0 amide bonds. The Kier molecular flexibility index (Phi) is 22.3. The number of hydrogen-bond donors (Lipinski definition) is 0. The van der Waals surface area contributed by atoms with E-state index >= 15 is 0 Å². The largest absolute Gasteiger partial charge is 0.192 e. The van der Waals surface area contributed by atoms with Gasteiger partial charge in [-0.2, -0.15) is 15.8 Å². The average Bonchev–Trinajstić information content (AvgIpc) is 1.58. The predicted molar refractivity (Wildman–Crippen MR) is 377 cm³/mol. The smallest absolute Gasteiger partial charge is 0.0999 e. The van der Waals surface area contributed by atoms with Gasteiger partial charge in [0, 0.05) is 35.9 Å². The van der Waals surface area contributed by atoms with Crippen molar-refractivity contribution in [1.29, 1.82) is 15.8 Å². The van der Waals surface area contributed by atoms with Gasteiger partial charge in [-0.1, -0.05) is 242 Å². The zero-order valence-electron chi connectivity index (χ0n) is 54.1. The summed E-state index contributed by atoms with van der Waals surface area (Å²) >= 11 is 3.79. The zero-order valence-corrected chi connectivity index (χ0v) is 55.7. The van der Waals surface area contributed by atoms with Gasteiger partial charge in [0.2, 0.25) is 0 Å². The first-order valence-corrected chi connectivity index (χ1v) is 36.0. The maximum atomic E-state index is 10.9. The highest BCUT2D eigenvalue weighted by Crippen LogP contribution is 2.58. The molecule has 0 bridgehead atoms. The van der Waals surface area contributed by atoms with E-state index in [-0.39, 0.29) is 10.8 Å². The molecular weight excluding hydrogens is 1100 g/mol. The average molecular weight is 1200 g/mol. The molecule has 0 saturated heterocycles. The number of rotatable bonds is 33. The number of benzene rings is 6. The van der Waals surface area contributed by atoms with Crippen molar-refractivity contribution in [2.24, 2.45) is 0 Å². The van der Waals surface area contributed by atoms with Gasteiger partial charge in [-0.3, -0.25) is 0 Å². The molecule has 0 unspecified atom stereocenters. The summed E-state index contributed by atoms with van der Waals surface area (Å²) in [7, 11) is 0. The van der Waals surface area contributed by atoms with Crippen LogP contribution in [-0.2, 0) is 10.8 Å². The van der Waals surface area contributed by atoms with Crippen molar-refractivity contribution in [1.82, 2.24) is 0 Å². The van der Waals surface area contributed by atoms with Gasteiger partial charge in [-0.05, 0) is 190 Å². The van der Waals surface area contributed by atoms with Crippen LogP contribution in [0.3, 0.4) is 0 Å². The van der Waals surface area contributed by atoms with E-state index in [0.29, 0.717) is 22.3 Å². The molecule has 10 rings (SSSR count). The molecule has 8 aromatic rings. The molecule has 0 fully saturated rings. The molecule has 0 radical (unpaired) electrons. The third kappa shape index (κ3) is 14.1. The van der Waals surface area contributed by atoms with Crippen LogP contribution in [0.2, 0.25) is 0 Å². The Morgan fingerprint density at radius 1 is 0.318 bits per heavy atom. The van der Waals surface area contributed by atoms with Crippen LogP contribution in [0.5, 0.6) is 0 Å². The highest BCUT2D eigenvalue weighted by molar-refractivity contribution is 7.23. The van der Waals surface area contributed by atoms with Gasteiger partial charge >= 0.3 is 0 Å². The molecule has 0 N–H and O–H groups in total. The summed E-state index contributed by atoms with van der Waals surface area (Å²) in [4.78, 5) is 5.33. The minimum Gasteiger partial charge on any atom is -0.192 e. The van der Waals surface area contributed by atoms with E-state index in [0.717, 1.165) is 53.5 Å². The lowest BCUT2D eigenvalue weighted by Crippen LogP contribution is -2.25. The van der Waals surface area contributed by atoms with Gasteiger partial charge in [-0.25, -0.2) is 0 Å². The van der Waals surface area contributed by atoms with Crippen LogP contribution in [0, 0.1) is 47.8 Å². The zero-order chi connectivity index (χ0) is 61.5. The first-order chi connectivity index (χ1) is 43.1. The van der Waals surface area contributed by atoms with Gasteiger partial charge in [-0.15, -0.1) is 22.7 Å². The Labute approximate surface area is 538 Å². The Morgan fingerprint density at radius 2 is 0.682 bits per heavy atom. The highest BCUT2D eigenvalue weighted by Gasteiger charge is 2.44. The quantitative estimate of drug-likeness (QED) is 0.0385. The molecule has 5 heteroatoms. The normalized spacial score (nSPS) is 13.2. The number of unbranched alkanes of at least 4 members (excludes halogenated alkanes) is 20. The monoisotopic (exact) mass is 1200 g/mol. The minimum absolute atomic E-state index is 0.100. The standard InChI is InChI=1S/C83H95N3S2/c1-7-11-15-19-23-27-43-82(44-28-24-20-16-12-8-2)74-47-59(5)31-36-70(74)71-37-33-62(53-75(71)82)65-50-66(52-67(51-65)81-68(57-85)48-61(56-84)49-69(81)58-86)63-34-38-72-73-39-35-64(78-41-42-80(88-78)79-40-32-60(6)87-79)55-77(73)83(76(72)54-63,45-29-25-21-17-13-9-3)46-30-26-22-18-14-10-4/h31-42,47-55H,7-30,43-46H2,1-6H3.